The highest BCUT2D eigenvalue weighted by atomic mass is 32.2. The lowest BCUT2D eigenvalue weighted by atomic mass is 10.1. The minimum Gasteiger partial charge on any atom is -0.324 e. The smallest absolute Gasteiger partial charge is 0.267 e. The molecule has 0 spiro atoms. The van der Waals surface area contributed by atoms with Gasteiger partial charge in [-0.1, -0.05) is 18.2 Å². The average molecular weight is 492 g/mol. The van der Waals surface area contributed by atoms with Crippen molar-refractivity contribution in [3.05, 3.63) is 76.1 Å². The third-order valence-electron chi connectivity index (χ3n) is 6.00. The first-order chi connectivity index (χ1) is 16.7. The minimum absolute atomic E-state index is 0.208. The topological polar surface area (TPSA) is 125 Å². The molecule has 1 aromatic heterocycles. The predicted octanol–water partition coefficient (Wildman–Crippen LogP) is 3.07. The maximum Gasteiger partial charge on any atom is 0.267 e. The van der Waals surface area contributed by atoms with Gasteiger partial charge < -0.3 is 5.32 Å². The molecule has 0 aliphatic carbocycles. The fourth-order valence-corrected chi connectivity index (χ4v) is 5.75. The second kappa shape index (κ2) is 9.82. The molecular formula is C25H25N5O4S. The molecular weight excluding hydrogens is 466 g/mol. The van der Waals surface area contributed by atoms with Crippen LogP contribution in [0.3, 0.4) is 0 Å². The quantitative estimate of drug-likeness (QED) is 0.565. The summed E-state index contributed by atoms with van der Waals surface area (Å²) in [6.07, 6.45) is 1.68. The van der Waals surface area contributed by atoms with Crippen molar-refractivity contribution in [2.45, 2.75) is 37.6 Å². The van der Waals surface area contributed by atoms with Crippen LogP contribution >= 0.6 is 0 Å². The molecule has 9 nitrogen and oxygen atoms in total. The van der Waals surface area contributed by atoms with Crippen molar-refractivity contribution in [2.24, 2.45) is 0 Å². The van der Waals surface area contributed by atoms with Gasteiger partial charge in [0.1, 0.15) is 6.04 Å². The summed E-state index contributed by atoms with van der Waals surface area (Å²) in [5.41, 5.74) is 1.87. The molecule has 4 rings (SSSR count). The summed E-state index contributed by atoms with van der Waals surface area (Å²) >= 11 is 0. The molecule has 0 saturated carbocycles. The summed E-state index contributed by atoms with van der Waals surface area (Å²) in [7, 11) is -3.64. The molecule has 1 unspecified atom stereocenters. The van der Waals surface area contributed by atoms with Crippen LogP contribution in [-0.4, -0.2) is 41.5 Å². The summed E-state index contributed by atoms with van der Waals surface area (Å²) in [6.45, 7) is 4.28. The van der Waals surface area contributed by atoms with Crippen LogP contribution in [0.1, 0.15) is 36.9 Å². The van der Waals surface area contributed by atoms with Crippen molar-refractivity contribution in [3.63, 3.8) is 0 Å². The summed E-state index contributed by atoms with van der Waals surface area (Å²) in [4.78, 5) is 25.5. The van der Waals surface area contributed by atoms with Gasteiger partial charge in [0.2, 0.25) is 15.9 Å². The highest BCUT2D eigenvalue weighted by Gasteiger charge is 2.29. The Morgan fingerprint density at radius 3 is 2.57 bits per heavy atom. The van der Waals surface area contributed by atoms with Crippen molar-refractivity contribution >= 4 is 21.6 Å². The number of rotatable bonds is 6. The highest BCUT2D eigenvalue weighted by Crippen LogP contribution is 2.28. The third-order valence-corrected chi connectivity index (χ3v) is 8.04. The van der Waals surface area contributed by atoms with Crippen molar-refractivity contribution in [1.29, 1.82) is 5.26 Å². The lowest BCUT2D eigenvalue weighted by Crippen LogP contribution is -2.33. The predicted molar refractivity (Wildman–Crippen MR) is 131 cm³/mol. The maximum absolute atomic E-state index is 13.2. The Kier molecular flexibility index (Phi) is 6.82. The first kappa shape index (κ1) is 24.3. The number of benzene rings is 2. The van der Waals surface area contributed by atoms with E-state index >= 15 is 0 Å². The number of hydrogen-bond acceptors (Lipinski definition) is 6. The van der Waals surface area contributed by atoms with Crippen LogP contribution in [0.25, 0.3) is 11.3 Å². The zero-order valence-electron chi connectivity index (χ0n) is 19.4. The molecule has 10 heteroatoms. The number of carbonyl (C=O) groups excluding carboxylic acids is 1. The van der Waals surface area contributed by atoms with Gasteiger partial charge in [-0.25, -0.2) is 13.1 Å². The lowest BCUT2D eigenvalue weighted by Gasteiger charge is -2.18. The molecule has 35 heavy (non-hydrogen) atoms. The summed E-state index contributed by atoms with van der Waals surface area (Å²) in [5, 5.41) is 16.1. The zero-order valence-corrected chi connectivity index (χ0v) is 20.2. The molecule has 2 heterocycles. The van der Waals surface area contributed by atoms with Gasteiger partial charge in [-0.3, -0.25) is 9.59 Å². The van der Waals surface area contributed by atoms with E-state index in [0.717, 1.165) is 17.5 Å². The van der Waals surface area contributed by atoms with Crippen molar-refractivity contribution in [2.75, 3.05) is 18.4 Å². The molecule has 180 valence electrons. The Morgan fingerprint density at radius 2 is 1.86 bits per heavy atom. The molecule has 1 atom stereocenters. The first-order valence-corrected chi connectivity index (χ1v) is 12.7. The number of aryl methyl sites for hydroxylation is 1. The Bertz CT molecular complexity index is 1480. The number of carbonyl (C=O) groups is 1. The van der Waals surface area contributed by atoms with Crippen LogP contribution in [-0.2, 0) is 14.8 Å². The Balaban J connectivity index is 1.65. The van der Waals surface area contributed by atoms with Crippen molar-refractivity contribution < 1.29 is 13.2 Å². The Labute approximate surface area is 203 Å². The molecule has 1 amide bonds. The standard InChI is InChI=1S/C25H25N5O4S/c1-17-8-9-20(15-23(17)35(33,34)29-12-3-4-13-29)22-10-11-24(31)30(28-22)18(2)25(32)27-21-7-5-6-19(14-21)16-26/h5-11,14-15,18H,3-4,12-13H2,1-2H3,(H,27,32). The van der Waals surface area contributed by atoms with Crippen molar-refractivity contribution in [1.82, 2.24) is 14.1 Å². The number of nitrogens with one attached hydrogen (secondary N) is 1. The number of aromatic nitrogens is 2. The van der Waals surface area contributed by atoms with E-state index in [-0.39, 0.29) is 4.90 Å². The summed E-state index contributed by atoms with van der Waals surface area (Å²) < 4.78 is 28.9. The van der Waals surface area contributed by atoms with Crippen LogP contribution in [0.2, 0.25) is 0 Å². The van der Waals surface area contributed by atoms with E-state index in [0.29, 0.717) is 41.2 Å². The van der Waals surface area contributed by atoms with Gasteiger partial charge in [0.05, 0.1) is 22.2 Å². The molecule has 0 bridgehead atoms. The van der Waals surface area contributed by atoms with E-state index in [2.05, 4.69) is 10.4 Å². The maximum atomic E-state index is 13.2. The van der Waals surface area contributed by atoms with Gasteiger partial charge in [-0.05, 0) is 62.6 Å². The third kappa shape index (κ3) is 5.01. The lowest BCUT2D eigenvalue weighted by molar-refractivity contribution is -0.119. The van der Waals surface area contributed by atoms with E-state index in [9.17, 15) is 18.0 Å². The monoisotopic (exact) mass is 491 g/mol. The molecule has 1 saturated heterocycles. The zero-order chi connectivity index (χ0) is 25.2. The number of hydrogen-bond donors (Lipinski definition) is 1. The number of sulfonamides is 1. The Morgan fingerprint density at radius 1 is 1.11 bits per heavy atom. The van der Waals surface area contributed by atoms with Gasteiger partial charge in [0.25, 0.3) is 5.56 Å². The van der Waals surface area contributed by atoms with Gasteiger partial charge >= 0.3 is 0 Å². The SMILES string of the molecule is Cc1ccc(-c2ccc(=O)n(C(C)C(=O)Nc3cccc(C#N)c3)n2)cc1S(=O)(=O)N1CCCC1. The highest BCUT2D eigenvalue weighted by molar-refractivity contribution is 7.89. The number of amides is 1. The van der Waals surface area contributed by atoms with E-state index in [4.69, 9.17) is 5.26 Å². The molecule has 1 aliphatic heterocycles. The van der Waals surface area contributed by atoms with Gasteiger partial charge in [-0.15, -0.1) is 0 Å². The van der Waals surface area contributed by atoms with Crippen LogP contribution in [0.4, 0.5) is 5.69 Å². The average Bonchev–Trinajstić information content (AvgIpc) is 3.40. The number of nitriles is 1. The van der Waals surface area contributed by atoms with E-state index in [1.54, 1.807) is 50.2 Å². The number of nitrogens with zero attached hydrogens (tertiary/aromatic N) is 4. The fraction of sp³-hybridized carbons (Fsp3) is 0.280. The van der Waals surface area contributed by atoms with Crippen LogP contribution in [0, 0.1) is 18.3 Å². The molecule has 2 aromatic carbocycles. The van der Waals surface area contributed by atoms with Gasteiger partial charge in [-0.2, -0.15) is 14.7 Å². The summed E-state index contributed by atoms with van der Waals surface area (Å²) in [6, 6.07) is 15.3. The van der Waals surface area contributed by atoms with Crippen LogP contribution < -0.4 is 10.9 Å². The summed E-state index contributed by atoms with van der Waals surface area (Å²) in [5.74, 6) is -0.479. The van der Waals surface area contributed by atoms with Crippen LogP contribution in [0.5, 0.6) is 0 Å². The van der Waals surface area contributed by atoms with E-state index in [1.807, 2.05) is 6.07 Å². The molecule has 0 radical (unpaired) electrons. The number of anilines is 1. The Hall–Kier alpha value is -3.81. The largest absolute Gasteiger partial charge is 0.324 e. The van der Waals surface area contributed by atoms with E-state index < -0.39 is 27.5 Å². The van der Waals surface area contributed by atoms with Crippen LogP contribution in [0.15, 0.2) is 64.3 Å². The normalized spacial score (nSPS) is 14.9. The first-order valence-electron chi connectivity index (χ1n) is 11.2. The molecule has 1 fully saturated rings. The molecule has 3 aromatic rings. The fourth-order valence-electron chi connectivity index (χ4n) is 3.99. The second-order valence-corrected chi connectivity index (χ2v) is 10.4. The van der Waals surface area contributed by atoms with Gasteiger partial charge in [0.15, 0.2) is 0 Å². The second-order valence-electron chi connectivity index (χ2n) is 8.45. The molecule has 1 N–H and O–H groups in total. The molecule has 1 aliphatic rings. The van der Waals surface area contributed by atoms with E-state index in [1.165, 1.54) is 22.5 Å². The van der Waals surface area contributed by atoms with Gasteiger partial charge in [0, 0.05) is 30.4 Å². The van der Waals surface area contributed by atoms with Crippen molar-refractivity contribution in [3.8, 4) is 17.3 Å². The minimum atomic E-state index is -3.64.